The average molecular weight is 281 g/mol. The topological polar surface area (TPSA) is 66.4 Å². The minimum Gasteiger partial charge on any atom is -0.481 e. The highest BCUT2D eigenvalue weighted by atomic mass is 32.2. The third-order valence-corrected chi connectivity index (χ3v) is 3.46. The first-order chi connectivity index (χ1) is 8.75. The molecule has 0 aliphatic carbocycles. The fourth-order valence-corrected chi connectivity index (χ4v) is 2.21. The SMILES string of the molecule is CSc1ccc(C)c(C(=O)NC(C)(C)CC(=O)O)c1. The van der Waals surface area contributed by atoms with Crippen molar-refractivity contribution in [2.75, 3.05) is 6.26 Å². The Morgan fingerprint density at radius 1 is 1.37 bits per heavy atom. The van der Waals surface area contributed by atoms with E-state index in [9.17, 15) is 9.59 Å². The maximum absolute atomic E-state index is 12.2. The molecule has 2 N–H and O–H groups in total. The summed E-state index contributed by atoms with van der Waals surface area (Å²) < 4.78 is 0. The van der Waals surface area contributed by atoms with Crippen molar-refractivity contribution >= 4 is 23.6 Å². The Labute approximate surface area is 117 Å². The van der Waals surface area contributed by atoms with Crippen LogP contribution in [0.15, 0.2) is 23.1 Å². The summed E-state index contributed by atoms with van der Waals surface area (Å²) in [6.07, 6.45) is 1.83. The molecule has 0 unspecified atom stereocenters. The van der Waals surface area contributed by atoms with Gasteiger partial charge in [0, 0.05) is 16.0 Å². The first kappa shape index (κ1) is 15.6. The lowest BCUT2D eigenvalue weighted by Crippen LogP contribution is -2.45. The predicted molar refractivity (Wildman–Crippen MR) is 76.8 cm³/mol. The van der Waals surface area contributed by atoms with Crippen LogP contribution in [0.2, 0.25) is 0 Å². The lowest BCUT2D eigenvalue weighted by molar-refractivity contribution is -0.138. The van der Waals surface area contributed by atoms with Crippen molar-refractivity contribution in [2.24, 2.45) is 0 Å². The van der Waals surface area contributed by atoms with Crippen LogP contribution in [0.25, 0.3) is 0 Å². The molecule has 0 aliphatic rings. The van der Waals surface area contributed by atoms with E-state index in [1.165, 1.54) is 0 Å². The van der Waals surface area contributed by atoms with Crippen molar-refractivity contribution in [1.29, 1.82) is 0 Å². The zero-order valence-electron chi connectivity index (χ0n) is 11.6. The monoisotopic (exact) mass is 281 g/mol. The standard InChI is InChI=1S/C14H19NO3S/c1-9-5-6-10(19-4)7-11(9)13(18)15-14(2,3)8-12(16)17/h5-7H,8H2,1-4H3,(H,15,18)(H,16,17). The van der Waals surface area contributed by atoms with Gasteiger partial charge in [-0.15, -0.1) is 11.8 Å². The van der Waals surface area contributed by atoms with E-state index in [0.29, 0.717) is 5.56 Å². The molecule has 0 radical (unpaired) electrons. The Kier molecular flexibility index (Phi) is 5.00. The average Bonchev–Trinajstić information content (AvgIpc) is 2.26. The van der Waals surface area contributed by atoms with Gasteiger partial charge in [0.1, 0.15) is 0 Å². The van der Waals surface area contributed by atoms with Crippen LogP contribution in [0.3, 0.4) is 0 Å². The van der Waals surface area contributed by atoms with Crippen molar-refractivity contribution in [3.05, 3.63) is 29.3 Å². The quantitative estimate of drug-likeness (QED) is 0.814. The fraction of sp³-hybridized carbons (Fsp3) is 0.429. The van der Waals surface area contributed by atoms with Gasteiger partial charge >= 0.3 is 5.97 Å². The van der Waals surface area contributed by atoms with Crippen LogP contribution in [0.4, 0.5) is 0 Å². The van der Waals surface area contributed by atoms with E-state index in [1.54, 1.807) is 25.6 Å². The summed E-state index contributed by atoms with van der Waals surface area (Å²) in [4.78, 5) is 24.0. The summed E-state index contributed by atoms with van der Waals surface area (Å²) in [5, 5.41) is 11.6. The van der Waals surface area contributed by atoms with Gasteiger partial charge < -0.3 is 10.4 Å². The second kappa shape index (κ2) is 6.10. The van der Waals surface area contributed by atoms with Gasteiger partial charge in [0.2, 0.25) is 0 Å². The summed E-state index contributed by atoms with van der Waals surface area (Å²) >= 11 is 1.56. The predicted octanol–water partition coefficient (Wildman–Crippen LogP) is 2.70. The van der Waals surface area contributed by atoms with Crippen molar-refractivity contribution in [2.45, 2.75) is 37.6 Å². The van der Waals surface area contributed by atoms with E-state index in [2.05, 4.69) is 5.32 Å². The molecule has 0 fully saturated rings. The molecule has 0 saturated carbocycles. The minimum absolute atomic E-state index is 0.111. The maximum atomic E-state index is 12.2. The lowest BCUT2D eigenvalue weighted by atomic mass is 9.99. The van der Waals surface area contributed by atoms with E-state index >= 15 is 0 Å². The van der Waals surface area contributed by atoms with Gasteiger partial charge in [-0.05, 0) is 44.7 Å². The molecule has 4 nitrogen and oxygen atoms in total. The highest BCUT2D eigenvalue weighted by Crippen LogP contribution is 2.20. The normalized spacial score (nSPS) is 11.2. The van der Waals surface area contributed by atoms with E-state index in [-0.39, 0.29) is 12.3 Å². The van der Waals surface area contributed by atoms with Crippen molar-refractivity contribution < 1.29 is 14.7 Å². The van der Waals surface area contributed by atoms with Crippen LogP contribution in [-0.2, 0) is 4.79 Å². The molecule has 1 aromatic rings. The number of carboxylic acids is 1. The zero-order chi connectivity index (χ0) is 14.6. The Morgan fingerprint density at radius 2 is 2.00 bits per heavy atom. The van der Waals surface area contributed by atoms with Crippen LogP contribution >= 0.6 is 11.8 Å². The molecule has 0 aromatic heterocycles. The molecular formula is C14H19NO3S. The Hall–Kier alpha value is -1.49. The van der Waals surface area contributed by atoms with Gasteiger partial charge in [0.05, 0.1) is 6.42 Å². The van der Waals surface area contributed by atoms with E-state index in [1.807, 2.05) is 31.4 Å². The van der Waals surface area contributed by atoms with Gasteiger partial charge in [0.15, 0.2) is 0 Å². The Morgan fingerprint density at radius 3 is 2.53 bits per heavy atom. The molecule has 1 rings (SSSR count). The summed E-state index contributed by atoms with van der Waals surface area (Å²) in [5.74, 6) is -1.17. The zero-order valence-corrected chi connectivity index (χ0v) is 12.4. The molecule has 0 aliphatic heterocycles. The van der Waals surface area contributed by atoms with Gasteiger partial charge in [-0.3, -0.25) is 9.59 Å². The smallest absolute Gasteiger partial charge is 0.305 e. The number of carboxylic acid groups (broad SMARTS) is 1. The molecular weight excluding hydrogens is 262 g/mol. The molecule has 0 spiro atoms. The second-order valence-corrected chi connectivity index (χ2v) is 5.97. The lowest BCUT2D eigenvalue weighted by Gasteiger charge is -2.24. The highest BCUT2D eigenvalue weighted by molar-refractivity contribution is 7.98. The van der Waals surface area contributed by atoms with Gasteiger partial charge in [0.25, 0.3) is 5.91 Å². The number of rotatable bonds is 5. The van der Waals surface area contributed by atoms with Crippen LogP contribution < -0.4 is 5.32 Å². The summed E-state index contributed by atoms with van der Waals surface area (Å²) in [6, 6.07) is 5.68. The minimum atomic E-state index is -0.931. The first-order valence-corrected chi connectivity index (χ1v) is 7.16. The van der Waals surface area contributed by atoms with Crippen LogP contribution in [0.1, 0.15) is 36.2 Å². The third-order valence-electron chi connectivity index (χ3n) is 2.73. The van der Waals surface area contributed by atoms with Gasteiger partial charge in [-0.2, -0.15) is 0 Å². The number of carbonyl (C=O) groups excluding carboxylic acids is 1. The van der Waals surface area contributed by atoms with E-state index in [0.717, 1.165) is 10.5 Å². The van der Waals surface area contributed by atoms with E-state index < -0.39 is 11.5 Å². The number of carbonyl (C=O) groups is 2. The molecule has 1 aromatic carbocycles. The number of amides is 1. The number of benzene rings is 1. The Bertz CT molecular complexity index is 497. The largest absolute Gasteiger partial charge is 0.481 e. The number of hydrogen-bond donors (Lipinski definition) is 2. The Balaban J connectivity index is 2.92. The molecule has 1 amide bonds. The van der Waals surface area contributed by atoms with Crippen molar-refractivity contribution in [3.8, 4) is 0 Å². The van der Waals surface area contributed by atoms with Crippen LogP contribution in [0.5, 0.6) is 0 Å². The molecule has 0 heterocycles. The molecule has 19 heavy (non-hydrogen) atoms. The molecule has 104 valence electrons. The number of hydrogen-bond acceptors (Lipinski definition) is 3. The number of thioether (sulfide) groups is 1. The van der Waals surface area contributed by atoms with E-state index in [4.69, 9.17) is 5.11 Å². The van der Waals surface area contributed by atoms with Crippen molar-refractivity contribution in [3.63, 3.8) is 0 Å². The molecule has 5 heteroatoms. The number of aliphatic carboxylic acids is 1. The van der Waals surface area contributed by atoms with Crippen LogP contribution in [0, 0.1) is 6.92 Å². The third kappa shape index (κ3) is 4.59. The maximum Gasteiger partial charge on any atom is 0.305 e. The number of aryl methyl sites for hydroxylation is 1. The molecule has 0 atom stereocenters. The summed E-state index contributed by atoms with van der Waals surface area (Å²) in [5.41, 5.74) is 0.691. The summed E-state index contributed by atoms with van der Waals surface area (Å²) in [7, 11) is 0. The van der Waals surface area contributed by atoms with Crippen molar-refractivity contribution in [1.82, 2.24) is 5.32 Å². The van der Waals surface area contributed by atoms with Gasteiger partial charge in [-0.25, -0.2) is 0 Å². The van der Waals surface area contributed by atoms with Gasteiger partial charge in [-0.1, -0.05) is 6.07 Å². The number of nitrogens with one attached hydrogen (secondary N) is 1. The second-order valence-electron chi connectivity index (χ2n) is 5.09. The highest BCUT2D eigenvalue weighted by Gasteiger charge is 2.25. The first-order valence-electron chi connectivity index (χ1n) is 5.94. The fourth-order valence-electron chi connectivity index (χ4n) is 1.77. The summed E-state index contributed by atoms with van der Waals surface area (Å²) in [6.45, 7) is 5.27. The molecule has 0 bridgehead atoms. The molecule has 0 saturated heterocycles. The van der Waals surface area contributed by atoms with Crippen LogP contribution in [-0.4, -0.2) is 28.8 Å².